The zero-order valence-corrected chi connectivity index (χ0v) is 13.8. The van der Waals surface area contributed by atoms with E-state index < -0.39 is 0 Å². The molecule has 0 aliphatic rings. The van der Waals surface area contributed by atoms with Crippen molar-refractivity contribution in [1.29, 1.82) is 0 Å². The number of benzene rings is 1. The Morgan fingerprint density at radius 3 is 2.52 bits per heavy atom. The first-order valence-electron chi connectivity index (χ1n) is 7.76. The van der Waals surface area contributed by atoms with Gasteiger partial charge in [-0.25, -0.2) is 4.98 Å². The number of carbonyl (C=O) groups excluding carboxylic acids is 1. The molecule has 5 heteroatoms. The lowest BCUT2D eigenvalue weighted by molar-refractivity contribution is 0.0946. The van der Waals surface area contributed by atoms with Gasteiger partial charge in [0, 0.05) is 12.6 Å². The third-order valence-corrected chi connectivity index (χ3v) is 3.63. The number of amides is 1. The molecule has 0 aliphatic carbocycles. The Morgan fingerprint density at radius 2 is 1.96 bits per heavy atom. The number of hydrogen-bond donors (Lipinski definition) is 2. The molecule has 2 aromatic rings. The molecule has 1 aromatic heterocycles. The minimum Gasteiger partial charge on any atom is -0.497 e. The molecule has 1 unspecified atom stereocenters. The van der Waals surface area contributed by atoms with Crippen molar-refractivity contribution in [3.63, 3.8) is 0 Å². The van der Waals surface area contributed by atoms with Gasteiger partial charge in [-0.05, 0) is 43.2 Å². The molecule has 0 fully saturated rings. The van der Waals surface area contributed by atoms with Gasteiger partial charge in [-0.3, -0.25) is 4.79 Å². The van der Waals surface area contributed by atoms with E-state index in [0.717, 1.165) is 23.4 Å². The molecule has 0 saturated heterocycles. The maximum absolute atomic E-state index is 12.1. The third-order valence-electron chi connectivity index (χ3n) is 3.63. The monoisotopic (exact) mass is 313 g/mol. The van der Waals surface area contributed by atoms with Gasteiger partial charge in [0.25, 0.3) is 5.91 Å². The summed E-state index contributed by atoms with van der Waals surface area (Å²) in [5, 5.41) is 6.18. The highest BCUT2D eigenvalue weighted by Gasteiger charge is 2.07. The second-order valence-corrected chi connectivity index (χ2v) is 5.42. The van der Waals surface area contributed by atoms with Gasteiger partial charge < -0.3 is 15.4 Å². The van der Waals surface area contributed by atoms with Crippen LogP contribution < -0.4 is 15.4 Å². The van der Waals surface area contributed by atoms with Gasteiger partial charge in [0.1, 0.15) is 11.4 Å². The van der Waals surface area contributed by atoms with E-state index in [2.05, 4.69) is 29.5 Å². The summed E-state index contributed by atoms with van der Waals surface area (Å²) in [5.74, 6) is 0.613. The predicted octanol–water partition coefficient (Wildman–Crippen LogP) is 3.23. The number of nitrogens with zero attached hydrogens (tertiary/aromatic N) is 1. The van der Waals surface area contributed by atoms with Crippen LogP contribution in [-0.2, 0) is 6.54 Å². The average molecular weight is 313 g/mol. The van der Waals surface area contributed by atoms with E-state index in [9.17, 15) is 4.79 Å². The maximum atomic E-state index is 12.1. The highest BCUT2D eigenvalue weighted by Crippen LogP contribution is 2.12. The molecule has 0 radical (unpaired) electrons. The van der Waals surface area contributed by atoms with Crippen molar-refractivity contribution in [1.82, 2.24) is 10.3 Å². The molecule has 23 heavy (non-hydrogen) atoms. The van der Waals surface area contributed by atoms with E-state index in [1.54, 1.807) is 19.4 Å². The lowest BCUT2D eigenvalue weighted by Gasteiger charge is -2.12. The average Bonchev–Trinajstić information content (AvgIpc) is 2.60. The molecule has 2 N–H and O–H groups in total. The van der Waals surface area contributed by atoms with Crippen molar-refractivity contribution in [2.45, 2.75) is 32.9 Å². The van der Waals surface area contributed by atoms with Crippen molar-refractivity contribution in [2.75, 3.05) is 12.4 Å². The normalized spacial score (nSPS) is 11.6. The van der Waals surface area contributed by atoms with Crippen LogP contribution in [0, 0.1) is 0 Å². The van der Waals surface area contributed by atoms with E-state index >= 15 is 0 Å². The summed E-state index contributed by atoms with van der Waals surface area (Å²) in [6.45, 7) is 4.68. The lowest BCUT2D eigenvalue weighted by Crippen LogP contribution is -2.23. The Kier molecular flexibility index (Phi) is 5.97. The Hall–Kier alpha value is -2.56. The minimum atomic E-state index is -0.184. The molecular formula is C18H23N3O2. The molecule has 122 valence electrons. The molecular weight excluding hydrogens is 290 g/mol. The van der Waals surface area contributed by atoms with Crippen molar-refractivity contribution in [2.24, 2.45) is 0 Å². The Labute approximate surface area is 137 Å². The van der Waals surface area contributed by atoms with Gasteiger partial charge >= 0.3 is 0 Å². The van der Waals surface area contributed by atoms with Crippen LogP contribution in [0.5, 0.6) is 5.75 Å². The van der Waals surface area contributed by atoms with Gasteiger partial charge in [-0.1, -0.05) is 19.1 Å². The number of carbonyl (C=O) groups is 1. The number of aromatic nitrogens is 1. The largest absolute Gasteiger partial charge is 0.497 e. The molecule has 1 aromatic carbocycles. The van der Waals surface area contributed by atoms with Crippen molar-refractivity contribution in [3.8, 4) is 5.75 Å². The van der Waals surface area contributed by atoms with Crippen LogP contribution in [-0.4, -0.2) is 24.0 Å². The van der Waals surface area contributed by atoms with Gasteiger partial charge in [0.15, 0.2) is 0 Å². The number of ether oxygens (including phenoxy) is 1. The summed E-state index contributed by atoms with van der Waals surface area (Å²) < 4.78 is 5.11. The Bertz CT molecular complexity index is 624. The molecule has 1 amide bonds. The van der Waals surface area contributed by atoms with E-state index in [1.165, 1.54) is 0 Å². The van der Waals surface area contributed by atoms with Crippen LogP contribution in [0.4, 0.5) is 5.69 Å². The van der Waals surface area contributed by atoms with Gasteiger partial charge in [0.05, 0.1) is 19.0 Å². The molecule has 2 rings (SSSR count). The predicted molar refractivity (Wildman–Crippen MR) is 91.8 cm³/mol. The highest BCUT2D eigenvalue weighted by molar-refractivity contribution is 5.92. The standard InChI is InChI=1S/C18H23N3O2/c1-4-13(2)21-15-7-10-17(19-12-15)18(22)20-11-14-5-8-16(23-3)9-6-14/h5-10,12-13,21H,4,11H2,1-3H3,(H,20,22). The van der Waals surface area contributed by atoms with Crippen LogP contribution in [0.3, 0.4) is 0 Å². The quantitative estimate of drug-likeness (QED) is 0.824. The molecule has 0 saturated carbocycles. The van der Waals surface area contributed by atoms with Gasteiger partial charge in [0.2, 0.25) is 0 Å². The smallest absolute Gasteiger partial charge is 0.270 e. The van der Waals surface area contributed by atoms with Gasteiger partial charge in [-0.15, -0.1) is 0 Å². The molecule has 0 aliphatic heterocycles. The molecule has 0 spiro atoms. The van der Waals surface area contributed by atoms with Crippen LogP contribution >= 0.6 is 0 Å². The third kappa shape index (κ3) is 4.98. The summed E-state index contributed by atoms with van der Waals surface area (Å²) in [4.78, 5) is 16.3. The van der Waals surface area contributed by atoms with Crippen LogP contribution in [0.2, 0.25) is 0 Å². The zero-order valence-electron chi connectivity index (χ0n) is 13.8. The fourth-order valence-corrected chi connectivity index (χ4v) is 2.02. The summed E-state index contributed by atoms with van der Waals surface area (Å²) in [5.41, 5.74) is 2.34. The van der Waals surface area contributed by atoms with Crippen molar-refractivity contribution < 1.29 is 9.53 Å². The first-order valence-corrected chi connectivity index (χ1v) is 7.76. The van der Waals surface area contributed by atoms with Gasteiger partial charge in [-0.2, -0.15) is 0 Å². The van der Waals surface area contributed by atoms with E-state index in [1.807, 2.05) is 30.3 Å². The lowest BCUT2D eigenvalue weighted by atomic mass is 10.2. The first-order chi connectivity index (χ1) is 11.1. The second kappa shape index (κ2) is 8.17. The number of anilines is 1. The SMILES string of the molecule is CCC(C)Nc1ccc(C(=O)NCc2ccc(OC)cc2)nc1. The van der Waals surface area contributed by atoms with Crippen molar-refractivity contribution >= 4 is 11.6 Å². The van der Waals surface area contributed by atoms with Crippen LogP contribution in [0.15, 0.2) is 42.6 Å². The van der Waals surface area contributed by atoms with E-state index in [0.29, 0.717) is 18.3 Å². The number of nitrogens with one attached hydrogen (secondary N) is 2. The molecule has 0 bridgehead atoms. The Morgan fingerprint density at radius 1 is 1.22 bits per heavy atom. The molecule has 1 atom stereocenters. The maximum Gasteiger partial charge on any atom is 0.270 e. The number of hydrogen-bond acceptors (Lipinski definition) is 4. The Balaban J connectivity index is 1.89. The second-order valence-electron chi connectivity index (χ2n) is 5.42. The van der Waals surface area contributed by atoms with Crippen molar-refractivity contribution in [3.05, 3.63) is 53.9 Å². The summed E-state index contributed by atoms with van der Waals surface area (Å²) in [7, 11) is 1.63. The topological polar surface area (TPSA) is 63.2 Å². The van der Waals surface area contributed by atoms with Crippen LogP contribution in [0.1, 0.15) is 36.3 Å². The summed E-state index contributed by atoms with van der Waals surface area (Å²) in [6.07, 6.45) is 2.72. The minimum absolute atomic E-state index is 0.184. The van der Waals surface area contributed by atoms with E-state index in [4.69, 9.17) is 4.74 Å². The fourth-order valence-electron chi connectivity index (χ4n) is 2.02. The molecule has 5 nitrogen and oxygen atoms in total. The number of pyridine rings is 1. The summed E-state index contributed by atoms with van der Waals surface area (Å²) >= 11 is 0. The first kappa shape index (κ1) is 16.8. The highest BCUT2D eigenvalue weighted by atomic mass is 16.5. The zero-order chi connectivity index (χ0) is 16.7. The summed E-state index contributed by atoms with van der Waals surface area (Å²) in [6, 6.07) is 11.6. The molecule has 1 heterocycles. The van der Waals surface area contributed by atoms with E-state index in [-0.39, 0.29) is 5.91 Å². The van der Waals surface area contributed by atoms with Crippen LogP contribution in [0.25, 0.3) is 0 Å². The number of rotatable bonds is 7. The number of methoxy groups -OCH3 is 1. The fraction of sp³-hybridized carbons (Fsp3) is 0.333.